The molecule has 108 valence electrons. The second-order valence-electron chi connectivity index (χ2n) is 4.44. The monoisotopic (exact) mass is 288 g/mol. The van der Waals surface area contributed by atoms with Crippen LogP contribution in [0.4, 0.5) is 0 Å². The van der Waals surface area contributed by atoms with Gasteiger partial charge in [-0.3, -0.25) is 14.4 Å². The lowest BCUT2D eigenvalue weighted by Gasteiger charge is -2.34. The number of hydrogen-bond donors (Lipinski definition) is 2. The lowest BCUT2D eigenvalue weighted by atomic mass is 10.2. The molecule has 19 heavy (non-hydrogen) atoms. The van der Waals surface area contributed by atoms with E-state index in [1.54, 1.807) is 16.7 Å². The van der Waals surface area contributed by atoms with Crippen molar-refractivity contribution in [2.45, 2.75) is 32.2 Å². The van der Waals surface area contributed by atoms with E-state index < -0.39 is 5.97 Å². The molecule has 1 saturated heterocycles. The van der Waals surface area contributed by atoms with Gasteiger partial charge < -0.3 is 15.3 Å². The molecule has 1 fully saturated rings. The van der Waals surface area contributed by atoms with Crippen molar-refractivity contribution < 1.29 is 19.5 Å². The highest BCUT2D eigenvalue weighted by Gasteiger charge is 2.28. The minimum Gasteiger partial charge on any atom is -0.481 e. The minimum absolute atomic E-state index is 0.0400. The van der Waals surface area contributed by atoms with Crippen LogP contribution in [0.25, 0.3) is 0 Å². The van der Waals surface area contributed by atoms with Gasteiger partial charge in [0.15, 0.2) is 0 Å². The molecule has 1 heterocycles. The molecule has 0 aliphatic carbocycles. The number of thioether (sulfide) groups is 1. The van der Waals surface area contributed by atoms with Crippen LogP contribution < -0.4 is 5.32 Å². The minimum atomic E-state index is -0.902. The van der Waals surface area contributed by atoms with Crippen LogP contribution in [0.3, 0.4) is 0 Å². The highest BCUT2D eigenvalue weighted by atomic mass is 32.2. The molecular weight excluding hydrogens is 268 g/mol. The number of nitrogens with one attached hydrogen (secondary N) is 1. The zero-order chi connectivity index (χ0) is 14.3. The Bertz CT molecular complexity index is 349. The first-order chi connectivity index (χ1) is 9.04. The molecule has 7 heteroatoms. The van der Waals surface area contributed by atoms with Crippen molar-refractivity contribution in [2.24, 2.45) is 0 Å². The maximum atomic E-state index is 12.0. The number of carboxylic acids is 1. The molecule has 1 aliphatic rings. The summed E-state index contributed by atoms with van der Waals surface area (Å²) in [6.45, 7) is 2.40. The van der Waals surface area contributed by atoms with E-state index in [0.717, 1.165) is 12.2 Å². The van der Waals surface area contributed by atoms with E-state index in [2.05, 4.69) is 5.32 Å². The maximum Gasteiger partial charge on any atom is 0.305 e. The van der Waals surface area contributed by atoms with Crippen LogP contribution in [0.2, 0.25) is 0 Å². The molecule has 2 N–H and O–H groups in total. The number of aliphatic carboxylic acids is 1. The summed E-state index contributed by atoms with van der Waals surface area (Å²) in [6.07, 6.45) is 1.10. The van der Waals surface area contributed by atoms with Crippen molar-refractivity contribution in [2.75, 3.05) is 24.6 Å². The Balaban J connectivity index is 2.47. The van der Waals surface area contributed by atoms with Crippen molar-refractivity contribution >= 4 is 29.5 Å². The third kappa shape index (κ3) is 5.50. The smallest absolute Gasteiger partial charge is 0.305 e. The maximum absolute atomic E-state index is 12.0. The highest BCUT2D eigenvalue weighted by Crippen LogP contribution is 2.18. The third-order valence-corrected chi connectivity index (χ3v) is 3.96. The Morgan fingerprint density at radius 2 is 2.16 bits per heavy atom. The zero-order valence-corrected chi connectivity index (χ0v) is 11.9. The predicted octanol–water partition coefficient (Wildman–Crippen LogP) is 0.321. The number of rotatable bonds is 6. The summed E-state index contributed by atoms with van der Waals surface area (Å²) >= 11 is 1.65. The molecule has 0 aromatic rings. The van der Waals surface area contributed by atoms with Crippen LogP contribution >= 0.6 is 11.8 Å². The molecule has 2 amide bonds. The molecule has 0 spiro atoms. The number of nitrogens with zero attached hydrogens (tertiary/aromatic N) is 1. The van der Waals surface area contributed by atoms with Crippen LogP contribution in [0.15, 0.2) is 0 Å². The van der Waals surface area contributed by atoms with Crippen LogP contribution in [0.5, 0.6) is 0 Å². The Labute approximate surface area is 116 Å². The fourth-order valence-electron chi connectivity index (χ4n) is 1.95. The Kier molecular flexibility index (Phi) is 6.69. The van der Waals surface area contributed by atoms with Gasteiger partial charge in [0.25, 0.3) is 0 Å². The lowest BCUT2D eigenvalue weighted by Crippen LogP contribution is -2.50. The van der Waals surface area contributed by atoms with E-state index in [9.17, 15) is 14.4 Å². The van der Waals surface area contributed by atoms with Crippen molar-refractivity contribution in [3.8, 4) is 0 Å². The van der Waals surface area contributed by atoms with Gasteiger partial charge >= 0.3 is 5.97 Å². The standard InChI is InChI=1S/C12H20N2O4S/c1-2-3-10(15)13-7-11(16)14-4-5-19-8-9(14)6-12(17)18/h9H,2-8H2,1H3,(H,13,15)(H,17,18). The molecule has 0 aromatic heterocycles. The third-order valence-electron chi connectivity index (χ3n) is 2.87. The van der Waals surface area contributed by atoms with Gasteiger partial charge in [0.2, 0.25) is 11.8 Å². The summed E-state index contributed by atoms with van der Waals surface area (Å²) < 4.78 is 0. The molecule has 1 aliphatic heterocycles. The van der Waals surface area contributed by atoms with Crippen molar-refractivity contribution in [1.29, 1.82) is 0 Å². The number of carboxylic acid groups (broad SMARTS) is 1. The van der Waals surface area contributed by atoms with Crippen molar-refractivity contribution in [3.05, 3.63) is 0 Å². The van der Waals surface area contributed by atoms with Gasteiger partial charge in [-0.25, -0.2) is 0 Å². The van der Waals surface area contributed by atoms with Gasteiger partial charge in [-0.15, -0.1) is 0 Å². The van der Waals surface area contributed by atoms with Crippen LogP contribution in [-0.4, -0.2) is 58.4 Å². The molecular formula is C12H20N2O4S. The summed E-state index contributed by atoms with van der Waals surface area (Å²) in [5, 5.41) is 11.4. The lowest BCUT2D eigenvalue weighted by molar-refractivity contribution is -0.140. The molecule has 0 aromatic carbocycles. The van der Waals surface area contributed by atoms with Crippen LogP contribution in [0, 0.1) is 0 Å². The molecule has 0 bridgehead atoms. The van der Waals surface area contributed by atoms with Gasteiger partial charge in [0.05, 0.1) is 19.0 Å². The van der Waals surface area contributed by atoms with Crippen LogP contribution in [-0.2, 0) is 14.4 Å². The normalized spacial score (nSPS) is 19.0. The molecule has 6 nitrogen and oxygen atoms in total. The number of carbonyl (C=O) groups excluding carboxylic acids is 2. The van der Waals surface area contributed by atoms with E-state index in [4.69, 9.17) is 5.11 Å². The van der Waals surface area contributed by atoms with E-state index in [-0.39, 0.29) is 30.8 Å². The summed E-state index contributed by atoms with van der Waals surface area (Å²) in [7, 11) is 0. The van der Waals surface area contributed by atoms with Gasteiger partial charge in [-0.2, -0.15) is 11.8 Å². The summed E-state index contributed by atoms with van der Waals surface area (Å²) in [5.74, 6) is 0.208. The second-order valence-corrected chi connectivity index (χ2v) is 5.59. The SMILES string of the molecule is CCCC(=O)NCC(=O)N1CCSCC1CC(=O)O. The zero-order valence-electron chi connectivity index (χ0n) is 11.1. The van der Waals surface area contributed by atoms with E-state index in [1.165, 1.54) is 0 Å². The highest BCUT2D eigenvalue weighted by molar-refractivity contribution is 7.99. The van der Waals surface area contributed by atoms with E-state index in [0.29, 0.717) is 18.7 Å². The quantitative estimate of drug-likeness (QED) is 0.735. The first kappa shape index (κ1) is 15.8. The van der Waals surface area contributed by atoms with Gasteiger partial charge in [0, 0.05) is 24.5 Å². The largest absolute Gasteiger partial charge is 0.481 e. The number of amides is 2. The summed E-state index contributed by atoms with van der Waals surface area (Å²) in [4.78, 5) is 35.7. The Hall–Kier alpha value is -1.24. The number of carbonyl (C=O) groups is 3. The predicted molar refractivity (Wildman–Crippen MR) is 73.0 cm³/mol. The molecule has 0 radical (unpaired) electrons. The van der Waals surface area contributed by atoms with Crippen molar-refractivity contribution in [3.63, 3.8) is 0 Å². The molecule has 1 atom stereocenters. The first-order valence-corrected chi connectivity index (χ1v) is 7.55. The number of hydrogen-bond acceptors (Lipinski definition) is 4. The van der Waals surface area contributed by atoms with E-state index >= 15 is 0 Å². The molecule has 1 rings (SSSR count). The topological polar surface area (TPSA) is 86.7 Å². The molecule has 0 saturated carbocycles. The van der Waals surface area contributed by atoms with Crippen LogP contribution in [0.1, 0.15) is 26.2 Å². The van der Waals surface area contributed by atoms with Gasteiger partial charge in [-0.1, -0.05) is 6.92 Å². The average Bonchev–Trinajstić information content (AvgIpc) is 2.36. The van der Waals surface area contributed by atoms with Gasteiger partial charge in [-0.05, 0) is 6.42 Å². The second kappa shape index (κ2) is 8.04. The molecule has 1 unspecified atom stereocenters. The summed E-state index contributed by atoms with van der Waals surface area (Å²) in [5.41, 5.74) is 0. The van der Waals surface area contributed by atoms with Crippen molar-refractivity contribution in [1.82, 2.24) is 10.2 Å². The average molecular weight is 288 g/mol. The Morgan fingerprint density at radius 1 is 1.42 bits per heavy atom. The fourth-order valence-corrected chi connectivity index (χ4v) is 3.01. The Morgan fingerprint density at radius 3 is 2.79 bits per heavy atom. The van der Waals surface area contributed by atoms with E-state index in [1.807, 2.05) is 6.92 Å². The first-order valence-electron chi connectivity index (χ1n) is 6.40. The fraction of sp³-hybridized carbons (Fsp3) is 0.750. The summed E-state index contributed by atoms with van der Waals surface area (Å²) in [6, 6.07) is -0.271. The van der Waals surface area contributed by atoms with Gasteiger partial charge in [0.1, 0.15) is 0 Å².